The third-order valence-corrected chi connectivity index (χ3v) is 2.62. The molecule has 3 nitrogen and oxygen atoms in total. The first-order valence-corrected chi connectivity index (χ1v) is 5.00. The third-order valence-electron chi connectivity index (χ3n) is 2.62. The SMILES string of the molecule is C=C/C=c1/c(=O)oc2c(c1=C)CCC(O)=C2. The van der Waals surface area contributed by atoms with Crippen molar-refractivity contribution in [2.45, 2.75) is 12.8 Å². The van der Waals surface area contributed by atoms with E-state index < -0.39 is 5.63 Å². The van der Waals surface area contributed by atoms with Crippen molar-refractivity contribution in [2.24, 2.45) is 0 Å². The van der Waals surface area contributed by atoms with E-state index in [4.69, 9.17) is 4.42 Å². The van der Waals surface area contributed by atoms with Crippen molar-refractivity contribution in [3.63, 3.8) is 0 Å². The van der Waals surface area contributed by atoms with Gasteiger partial charge in [0.2, 0.25) is 0 Å². The Balaban J connectivity index is 2.86. The summed E-state index contributed by atoms with van der Waals surface area (Å²) in [6.45, 7) is 7.43. The molecule has 1 heterocycles. The Bertz CT molecular complexity index is 632. The molecule has 0 spiro atoms. The lowest BCUT2D eigenvalue weighted by Crippen LogP contribution is -2.41. The molecule has 0 amide bonds. The molecule has 0 aromatic carbocycles. The van der Waals surface area contributed by atoms with Crippen LogP contribution in [0, 0.1) is 0 Å². The van der Waals surface area contributed by atoms with Gasteiger partial charge in [-0.05, 0) is 17.7 Å². The first kappa shape index (κ1) is 10.5. The molecule has 2 rings (SSSR count). The van der Waals surface area contributed by atoms with E-state index >= 15 is 0 Å². The van der Waals surface area contributed by atoms with E-state index in [2.05, 4.69) is 13.2 Å². The summed E-state index contributed by atoms with van der Waals surface area (Å²) in [6.07, 6.45) is 5.79. The Morgan fingerprint density at radius 3 is 2.88 bits per heavy atom. The standard InChI is InChI=1S/C13H12O3/c1-3-4-11-8(2)10-6-5-9(14)7-12(10)16-13(11)15/h3-4,7,14H,1-2,5-6H2/b11-4+. The molecule has 1 N–H and O–H groups in total. The van der Waals surface area contributed by atoms with Crippen LogP contribution in [-0.2, 0) is 6.42 Å². The van der Waals surface area contributed by atoms with E-state index in [1.807, 2.05) is 0 Å². The smallest absolute Gasteiger partial charge is 0.344 e. The Kier molecular flexibility index (Phi) is 2.52. The first-order valence-electron chi connectivity index (χ1n) is 5.00. The zero-order valence-corrected chi connectivity index (χ0v) is 8.82. The Morgan fingerprint density at radius 1 is 1.44 bits per heavy atom. The van der Waals surface area contributed by atoms with Crippen LogP contribution in [0.4, 0.5) is 0 Å². The number of aliphatic hydroxyl groups is 1. The molecule has 0 atom stereocenters. The summed E-state index contributed by atoms with van der Waals surface area (Å²) >= 11 is 0. The molecule has 0 saturated heterocycles. The summed E-state index contributed by atoms with van der Waals surface area (Å²) in [5, 5.41) is 10.5. The topological polar surface area (TPSA) is 50.4 Å². The van der Waals surface area contributed by atoms with E-state index in [9.17, 15) is 9.90 Å². The van der Waals surface area contributed by atoms with Crippen LogP contribution in [0.3, 0.4) is 0 Å². The summed E-state index contributed by atoms with van der Waals surface area (Å²) in [7, 11) is 0. The fourth-order valence-electron chi connectivity index (χ4n) is 1.80. The van der Waals surface area contributed by atoms with Gasteiger partial charge in [0, 0.05) is 18.1 Å². The highest BCUT2D eigenvalue weighted by atomic mass is 16.4. The zero-order chi connectivity index (χ0) is 11.7. The average molecular weight is 216 g/mol. The summed E-state index contributed by atoms with van der Waals surface area (Å²) in [5.74, 6) is 0.649. The highest BCUT2D eigenvalue weighted by Crippen LogP contribution is 2.17. The van der Waals surface area contributed by atoms with Gasteiger partial charge in [-0.2, -0.15) is 0 Å². The highest BCUT2D eigenvalue weighted by molar-refractivity contribution is 5.53. The molecule has 0 aliphatic heterocycles. The molecule has 0 radical (unpaired) electrons. The second-order valence-electron chi connectivity index (χ2n) is 3.66. The first-order chi connectivity index (χ1) is 7.63. The van der Waals surface area contributed by atoms with Gasteiger partial charge in [0.15, 0.2) is 0 Å². The van der Waals surface area contributed by atoms with Gasteiger partial charge in [0.05, 0.1) is 11.0 Å². The van der Waals surface area contributed by atoms with Crippen LogP contribution in [0.5, 0.6) is 0 Å². The minimum atomic E-state index is -0.449. The molecule has 0 bridgehead atoms. The van der Waals surface area contributed by atoms with E-state index in [0.29, 0.717) is 29.0 Å². The van der Waals surface area contributed by atoms with Gasteiger partial charge in [-0.15, -0.1) is 0 Å². The fourth-order valence-corrected chi connectivity index (χ4v) is 1.80. The Labute approximate surface area is 92.3 Å². The van der Waals surface area contributed by atoms with Crippen molar-refractivity contribution in [1.29, 1.82) is 0 Å². The lowest BCUT2D eigenvalue weighted by atomic mass is 9.99. The normalized spacial score (nSPS) is 15.5. The largest absolute Gasteiger partial charge is 0.512 e. The fraction of sp³-hybridized carbons (Fsp3) is 0.154. The number of hydrogen-bond acceptors (Lipinski definition) is 3. The molecule has 82 valence electrons. The number of fused-ring (bicyclic) bond motifs is 1. The van der Waals surface area contributed by atoms with E-state index in [1.54, 1.807) is 6.08 Å². The summed E-state index contributed by atoms with van der Waals surface area (Å²) in [4.78, 5) is 11.6. The lowest BCUT2D eigenvalue weighted by Gasteiger charge is -2.11. The van der Waals surface area contributed by atoms with Gasteiger partial charge in [0.25, 0.3) is 0 Å². The maximum atomic E-state index is 11.6. The number of hydrogen-bond donors (Lipinski definition) is 1. The lowest BCUT2D eigenvalue weighted by molar-refractivity contribution is 0.382. The number of aliphatic hydroxyl groups excluding tert-OH is 1. The molecule has 1 aliphatic rings. The molecule has 0 saturated carbocycles. The Hall–Kier alpha value is -2.03. The maximum absolute atomic E-state index is 11.6. The molecular formula is C13H12O3. The van der Waals surface area contributed by atoms with Gasteiger partial charge < -0.3 is 9.52 Å². The van der Waals surface area contributed by atoms with Crippen LogP contribution in [0.25, 0.3) is 18.7 Å². The molecule has 16 heavy (non-hydrogen) atoms. The minimum Gasteiger partial charge on any atom is -0.512 e. The highest BCUT2D eigenvalue weighted by Gasteiger charge is 2.14. The Morgan fingerprint density at radius 2 is 2.19 bits per heavy atom. The van der Waals surface area contributed by atoms with E-state index in [-0.39, 0.29) is 5.76 Å². The van der Waals surface area contributed by atoms with Crippen LogP contribution in [0.2, 0.25) is 0 Å². The van der Waals surface area contributed by atoms with Crippen molar-refractivity contribution in [3.8, 4) is 0 Å². The molecule has 0 unspecified atom stereocenters. The molecule has 1 aromatic heterocycles. The van der Waals surface area contributed by atoms with Crippen molar-refractivity contribution in [3.05, 3.63) is 50.6 Å². The maximum Gasteiger partial charge on any atom is 0.344 e. The third kappa shape index (κ3) is 1.60. The van der Waals surface area contributed by atoms with Gasteiger partial charge >= 0.3 is 5.63 Å². The molecule has 3 heteroatoms. The van der Waals surface area contributed by atoms with Crippen molar-refractivity contribution in [2.75, 3.05) is 0 Å². The molecule has 1 aromatic rings. The zero-order valence-electron chi connectivity index (χ0n) is 8.82. The van der Waals surface area contributed by atoms with Gasteiger partial charge in [-0.3, -0.25) is 0 Å². The van der Waals surface area contributed by atoms with Gasteiger partial charge in [-0.1, -0.05) is 19.2 Å². The predicted octanol–water partition coefficient (Wildman–Crippen LogP) is 0.862. The second-order valence-corrected chi connectivity index (χ2v) is 3.66. The molecular weight excluding hydrogens is 204 g/mol. The van der Waals surface area contributed by atoms with Crippen LogP contribution in [-0.4, -0.2) is 5.11 Å². The van der Waals surface area contributed by atoms with Gasteiger partial charge in [-0.25, -0.2) is 4.79 Å². The summed E-state index contributed by atoms with van der Waals surface area (Å²) in [5.41, 5.74) is 0.431. The average Bonchev–Trinajstić information content (AvgIpc) is 2.23. The monoisotopic (exact) mass is 216 g/mol. The second kappa shape index (κ2) is 3.85. The van der Waals surface area contributed by atoms with Crippen LogP contribution >= 0.6 is 0 Å². The van der Waals surface area contributed by atoms with E-state index in [1.165, 1.54) is 12.2 Å². The van der Waals surface area contributed by atoms with E-state index in [0.717, 1.165) is 5.56 Å². The number of allylic oxidation sites excluding steroid dienone is 2. The quantitative estimate of drug-likeness (QED) is 0.757. The molecule has 1 aliphatic carbocycles. The van der Waals surface area contributed by atoms with Crippen LogP contribution < -0.4 is 16.1 Å². The molecule has 0 fully saturated rings. The summed E-state index contributed by atoms with van der Waals surface area (Å²) < 4.78 is 5.12. The number of rotatable bonds is 1. The van der Waals surface area contributed by atoms with Crippen LogP contribution in [0.15, 0.2) is 27.6 Å². The van der Waals surface area contributed by atoms with Crippen molar-refractivity contribution in [1.82, 2.24) is 0 Å². The minimum absolute atomic E-state index is 0.232. The van der Waals surface area contributed by atoms with Crippen molar-refractivity contribution >= 4 is 18.7 Å². The predicted molar refractivity (Wildman–Crippen MR) is 63.3 cm³/mol. The van der Waals surface area contributed by atoms with Gasteiger partial charge in [0.1, 0.15) is 5.76 Å². The summed E-state index contributed by atoms with van der Waals surface area (Å²) in [6, 6.07) is 0. The van der Waals surface area contributed by atoms with Crippen LogP contribution in [0.1, 0.15) is 17.7 Å². The van der Waals surface area contributed by atoms with Crippen molar-refractivity contribution < 1.29 is 9.52 Å².